The highest BCUT2D eigenvalue weighted by Crippen LogP contribution is 2.05. The normalized spacial score (nSPS) is 10.8. The lowest BCUT2D eigenvalue weighted by Crippen LogP contribution is -2.29. The van der Waals surface area contributed by atoms with E-state index in [0.717, 1.165) is 24.8 Å². The summed E-state index contributed by atoms with van der Waals surface area (Å²) in [5.41, 5.74) is 0. The molecule has 0 fully saturated rings. The van der Waals surface area contributed by atoms with Gasteiger partial charge in [0.2, 0.25) is 5.13 Å². The molecule has 0 aliphatic heterocycles. The second kappa shape index (κ2) is 6.73. The van der Waals surface area contributed by atoms with Crippen LogP contribution in [0.1, 0.15) is 20.3 Å². The number of hydrogen-bond donors (Lipinski definition) is 1. The number of anilines is 1. The minimum Gasteiger partial charge on any atom is -0.359 e. The van der Waals surface area contributed by atoms with Crippen molar-refractivity contribution in [3.8, 4) is 0 Å². The molecule has 5 heteroatoms. The maximum atomic E-state index is 4.06. The maximum absolute atomic E-state index is 4.06. The maximum Gasteiger partial charge on any atom is 0.202 e. The van der Waals surface area contributed by atoms with Gasteiger partial charge in [0.25, 0.3) is 0 Å². The molecule has 0 bridgehead atoms. The molecule has 0 amide bonds. The van der Waals surface area contributed by atoms with Gasteiger partial charge in [-0.1, -0.05) is 13.8 Å². The minimum absolute atomic E-state index is 0.914. The third-order valence-electron chi connectivity index (χ3n) is 2.05. The topological polar surface area (TPSA) is 41.0 Å². The summed E-state index contributed by atoms with van der Waals surface area (Å²) in [6.45, 7) is 8.72. The van der Waals surface area contributed by atoms with Crippen LogP contribution in [0.25, 0.3) is 0 Å². The van der Waals surface area contributed by atoms with E-state index in [9.17, 15) is 0 Å². The van der Waals surface area contributed by atoms with E-state index in [1.54, 1.807) is 6.33 Å². The first-order valence-electron chi connectivity index (χ1n) is 5.09. The van der Waals surface area contributed by atoms with E-state index in [1.807, 2.05) is 0 Å². The van der Waals surface area contributed by atoms with Crippen molar-refractivity contribution in [1.29, 1.82) is 0 Å². The number of aromatic nitrogens is 2. The third-order valence-corrected chi connectivity index (χ3v) is 2.67. The largest absolute Gasteiger partial charge is 0.359 e. The van der Waals surface area contributed by atoms with E-state index in [2.05, 4.69) is 33.4 Å². The molecule has 0 aliphatic rings. The summed E-state index contributed by atoms with van der Waals surface area (Å²) in [6.07, 6.45) is 2.79. The zero-order valence-electron chi connectivity index (χ0n) is 8.86. The van der Waals surface area contributed by atoms with Gasteiger partial charge in [-0.05, 0) is 19.5 Å². The highest BCUT2D eigenvalue weighted by atomic mass is 32.1. The van der Waals surface area contributed by atoms with Crippen LogP contribution in [0.2, 0.25) is 0 Å². The fraction of sp³-hybridized carbons (Fsp3) is 0.778. The fourth-order valence-corrected chi connectivity index (χ4v) is 1.77. The summed E-state index contributed by atoms with van der Waals surface area (Å²) in [5.74, 6) is 0. The quantitative estimate of drug-likeness (QED) is 0.750. The van der Waals surface area contributed by atoms with E-state index in [4.69, 9.17) is 0 Å². The number of rotatable bonds is 7. The lowest BCUT2D eigenvalue weighted by atomic mass is 10.4. The van der Waals surface area contributed by atoms with Gasteiger partial charge in [0.05, 0.1) is 0 Å². The van der Waals surface area contributed by atoms with Crippen LogP contribution in [0.15, 0.2) is 6.33 Å². The molecule has 1 rings (SSSR count). The average molecular weight is 214 g/mol. The van der Waals surface area contributed by atoms with Gasteiger partial charge in [-0.3, -0.25) is 0 Å². The Morgan fingerprint density at radius 2 is 2.29 bits per heavy atom. The molecule has 0 spiro atoms. The number of nitrogens with one attached hydrogen (secondary N) is 1. The first-order valence-corrected chi connectivity index (χ1v) is 5.87. The molecule has 1 heterocycles. The highest BCUT2D eigenvalue weighted by Gasteiger charge is 2.00. The predicted molar refractivity (Wildman–Crippen MR) is 60.8 cm³/mol. The molecular formula is C9H18N4S. The molecule has 4 nitrogen and oxygen atoms in total. The third kappa shape index (κ3) is 4.02. The Balaban J connectivity index is 2.13. The summed E-state index contributed by atoms with van der Waals surface area (Å²) in [6, 6.07) is 0. The zero-order chi connectivity index (χ0) is 10.2. The molecule has 0 saturated heterocycles. The number of hydrogen-bond acceptors (Lipinski definition) is 5. The molecule has 14 heavy (non-hydrogen) atoms. The minimum atomic E-state index is 0.914. The van der Waals surface area contributed by atoms with Crippen molar-refractivity contribution in [3.63, 3.8) is 0 Å². The Bertz CT molecular complexity index is 225. The smallest absolute Gasteiger partial charge is 0.202 e. The molecule has 0 unspecified atom stereocenters. The van der Waals surface area contributed by atoms with E-state index >= 15 is 0 Å². The van der Waals surface area contributed by atoms with Gasteiger partial charge < -0.3 is 10.2 Å². The highest BCUT2D eigenvalue weighted by molar-refractivity contribution is 7.09. The van der Waals surface area contributed by atoms with Crippen molar-refractivity contribution < 1.29 is 0 Å². The van der Waals surface area contributed by atoms with Crippen molar-refractivity contribution in [1.82, 2.24) is 14.3 Å². The number of likely N-dealkylation sites (N-methyl/N-ethyl adjacent to an activating group) is 1. The SMILES string of the molecule is CCCN(CC)CCNc1ncns1. The van der Waals surface area contributed by atoms with E-state index < -0.39 is 0 Å². The lowest BCUT2D eigenvalue weighted by molar-refractivity contribution is 0.300. The molecule has 0 aromatic carbocycles. The molecule has 0 atom stereocenters. The van der Waals surface area contributed by atoms with Crippen LogP contribution in [0.4, 0.5) is 5.13 Å². The van der Waals surface area contributed by atoms with Crippen molar-refractivity contribution in [2.24, 2.45) is 0 Å². The lowest BCUT2D eigenvalue weighted by Gasteiger charge is -2.19. The summed E-state index contributed by atoms with van der Waals surface area (Å²) < 4.78 is 3.93. The Labute approximate surface area is 89.5 Å². The van der Waals surface area contributed by atoms with Crippen LogP contribution >= 0.6 is 11.5 Å². The van der Waals surface area contributed by atoms with Crippen LogP contribution in [0, 0.1) is 0 Å². The molecule has 0 saturated carbocycles. The first kappa shape index (κ1) is 11.4. The van der Waals surface area contributed by atoms with Crippen molar-refractivity contribution in [2.75, 3.05) is 31.5 Å². The van der Waals surface area contributed by atoms with E-state index in [0.29, 0.717) is 0 Å². The monoisotopic (exact) mass is 214 g/mol. The Morgan fingerprint density at radius 3 is 2.86 bits per heavy atom. The van der Waals surface area contributed by atoms with Crippen LogP contribution in [0.3, 0.4) is 0 Å². The molecule has 80 valence electrons. The molecule has 1 aromatic heterocycles. The predicted octanol–water partition coefficient (Wildman–Crippen LogP) is 1.68. The zero-order valence-corrected chi connectivity index (χ0v) is 9.68. The van der Waals surface area contributed by atoms with E-state index in [-0.39, 0.29) is 0 Å². The average Bonchev–Trinajstić information content (AvgIpc) is 2.69. The van der Waals surface area contributed by atoms with Crippen molar-refractivity contribution in [2.45, 2.75) is 20.3 Å². The van der Waals surface area contributed by atoms with Crippen LogP contribution in [0.5, 0.6) is 0 Å². The summed E-state index contributed by atoms with van der Waals surface area (Å²) >= 11 is 1.40. The number of nitrogens with zero attached hydrogens (tertiary/aromatic N) is 3. The van der Waals surface area contributed by atoms with E-state index in [1.165, 1.54) is 24.5 Å². The summed E-state index contributed by atoms with van der Waals surface area (Å²) in [5, 5.41) is 4.17. The standard InChI is InChI=1S/C9H18N4S/c1-3-6-13(4-2)7-5-10-9-11-8-12-14-9/h8H,3-7H2,1-2H3,(H,10,11,12). The van der Waals surface area contributed by atoms with Gasteiger partial charge in [-0.2, -0.15) is 4.37 Å². The second-order valence-electron chi connectivity index (χ2n) is 3.11. The van der Waals surface area contributed by atoms with Gasteiger partial charge in [0.15, 0.2) is 0 Å². The fourth-order valence-electron chi connectivity index (χ4n) is 1.32. The summed E-state index contributed by atoms with van der Waals surface area (Å²) in [4.78, 5) is 6.49. The van der Waals surface area contributed by atoms with Gasteiger partial charge >= 0.3 is 0 Å². The van der Waals surface area contributed by atoms with Gasteiger partial charge in [0, 0.05) is 24.6 Å². The van der Waals surface area contributed by atoms with Gasteiger partial charge in [-0.15, -0.1) is 0 Å². The Morgan fingerprint density at radius 1 is 1.43 bits per heavy atom. The van der Waals surface area contributed by atoms with Gasteiger partial charge in [0.1, 0.15) is 6.33 Å². The molecule has 1 aromatic rings. The Kier molecular flexibility index (Phi) is 5.47. The second-order valence-corrected chi connectivity index (χ2v) is 3.89. The molecule has 0 radical (unpaired) electrons. The Hall–Kier alpha value is -0.680. The van der Waals surface area contributed by atoms with Crippen LogP contribution in [-0.4, -0.2) is 40.4 Å². The van der Waals surface area contributed by atoms with Crippen molar-refractivity contribution >= 4 is 16.7 Å². The molecule has 0 aliphatic carbocycles. The van der Waals surface area contributed by atoms with Crippen LogP contribution < -0.4 is 5.32 Å². The molecular weight excluding hydrogens is 196 g/mol. The van der Waals surface area contributed by atoms with Gasteiger partial charge in [-0.25, -0.2) is 4.98 Å². The summed E-state index contributed by atoms with van der Waals surface area (Å²) in [7, 11) is 0. The molecule has 1 N–H and O–H groups in total. The first-order chi connectivity index (χ1) is 6.86. The van der Waals surface area contributed by atoms with Crippen molar-refractivity contribution in [3.05, 3.63) is 6.33 Å². The van der Waals surface area contributed by atoms with Crippen LogP contribution in [-0.2, 0) is 0 Å².